The van der Waals surface area contributed by atoms with Gasteiger partial charge in [0.25, 0.3) is 0 Å². The third kappa shape index (κ3) is 5.84. The topological polar surface area (TPSA) is 81.5 Å². The van der Waals surface area contributed by atoms with Gasteiger partial charge in [0.1, 0.15) is 23.8 Å². The van der Waals surface area contributed by atoms with E-state index in [2.05, 4.69) is 20.4 Å². The van der Waals surface area contributed by atoms with Crippen LogP contribution in [-0.4, -0.2) is 44.5 Å². The van der Waals surface area contributed by atoms with E-state index in [1.165, 1.54) is 12.1 Å². The molecule has 1 N–H and O–H groups in total. The Labute approximate surface area is 218 Å². The Balaban J connectivity index is 1.32. The normalized spacial score (nSPS) is 14.1. The second-order valence-electron chi connectivity index (χ2n) is 9.90. The first-order chi connectivity index (χ1) is 17.6. The molecule has 5 rings (SSSR count). The molecule has 192 valence electrons. The molecule has 0 saturated heterocycles. The lowest BCUT2D eigenvalue weighted by Crippen LogP contribution is -2.28. The predicted molar refractivity (Wildman–Crippen MR) is 140 cm³/mol. The fourth-order valence-electron chi connectivity index (χ4n) is 4.27. The fourth-order valence-corrected chi connectivity index (χ4v) is 4.56. The molecule has 8 nitrogen and oxygen atoms in total. The van der Waals surface area contributed by atoms with Crippen LogP contribution in [0.3, 0.4) is 0 Å². The maximum Gasteiger partial charge on any atom is 0.413 e. The molecule has 2 aromatic carbocycles. The monoisotopic (exact) mass is 523 g/mol. The molecular weight excluding hydrogens is 497 g/mol. The van der Waals surface area contributed by atoms with Crippen molar-refractivity contribution in [3.63, 3.8) is 0 Å². The number of hydrogen-bond acceptors (Lipinski definition) is 6. The number of nitrogens with one attached hydrogen (secondary N) is 1. The van der Waals surface area contributed by atoms with Crippen LogP contribution in [0, 0.1) is 5.82 Å². The maximum absolute atomic E-state index is 13.7. The summed E-state index contributed by atoms with van der Waals surface area (Å²) in [5.74, 6) is 0.710. The van der Waals surface area contributed by atoms with Gasteiger partial charge in [-0.15, -0.1) is 5.10 Å². The van der Waals surface area contributed by atoms with Gasteiger partial charge < -0.3 is 14.0 Å². The highest BCUT2D eigenvalue weighted by Crippen LogP contribution is 2.35. The highest BCUT2D eigenvalue weighted by atomic mass is 35.5. The number of fused-ring (bicyclic) bond motifs is 2. The molecule has 1 aliphatic heterocycles. The lowest BCUT2D eigenvalue weighted by molar-refractivity contribution is 0.0635. The van der Waals surface area contributed by atoms with E-state index in [1.54, 1.807) is 32.9 Å². The Kier molecular flexibility index (Phi) is 6.74. The molecular formula is C27H27ClFN5O3. The van der Waals surface area contributed by atoms with Crippen molar-refractivity contribution in [3.8, 4) is 11.4 Å². The van der Waals surface area contributed by atoms with Crippen molar-refractivity contribution in [2.24, 2.45) is 0 Å². The van der Waals surface area contributed by atoms with E-state index < -0.39 is 11.7 Å². The van der Waals surface area contributed by atoms with E-state index in [4.69, 9.17) is 21.1 Å². The summed E-state index contributed by atoms with van der Waals surface area (Å²) in [6.45, 7) is 7.66. The standard InChI is InChI=1S/C27H27ClFN5O3/c1-27(2,3)37-26(35)30-24-7-5-20(31-32-24)16-33-10-11-36-25-18(15-33)13-21(14-22(25)28)34-9-8-17-12-19(29)4-6-23(17)34/h4-9,12-14H,10-11,15-16H2,1-3H3,(H,30,32,35). The minimum atomic E-state index is -0.599. The second-order valence-corrected chi connectivity index (χ2v) is 10.3. The smallest absolute Gasteiger partial charge is 0.413 e. The minimum absolute atomic E-state index is 0.272. The summed E-state index contributed by atoms with van der Waals surface area (Å²) < 4.78 is 26.9. The molecule has 1 aliphatic rings. The summed E-state index contributed by atoms with van der Waals surface area (Å²) in [6.07, 6.45) is 1.32. The van der Waals surface area contributed by atoms with Gasteiger partial charge in [-0.25, -0.2) is 9.18 Å². The molecule has 10 heteroatoms. The highest BCUT2D eigenvalue weighted by Gasteiger charge is 2.21. The number of carbonyl (C=O) groups is 1. The van der Waals surface area contributed by atoms with Crippen molar-refractivity contribution in [2.45, 2.75) is 39.5 Å². The van der Waals surface area contributed by atoms with Crippen LogP contribution in [0.4, 0.5) is 15.0 Å². The lowest BCUT2D eigenvalue weighted by atomic mass is 10.1. The van der Waals surface area contributed by atoms with Gasteiger partial charge in [0.05, 0.1) is 16.2 Å². The predicted octanol–water partition coefficient (Wildman–Crippen LogP) is 5.95. The largest absolute Gasteiger partial charge is 0.490 e. The Bertz CT molecular complexity index is 1450. The third-order valence-corrected chi connectivity index (χ3v) is 6.10. The molecule has 0 radical (unpaired) electrons. The second kappa shape index (κ2) is 9.99. The van der Waals surface area contributed by atoms with Gasteiger partial charge in [0.2, 0.25) is 0 Å². The molecule has 0 bridgehead atoms. The van der Waals surface area contributed by atoms with Crippen molar-refractivity contribution in [1.29, 1.82) is 0 Å². The first kappa shape index (κ1) is 25.0. The molecule has 0 aliphatic carbocycles. The van der Waals surface area contributed by atoms with Crippen LogP contribution in [0.2, 0.25) is 5.02 Å². The van der Waals surface area contributed by atoms with Crippen molar-refractivity contribution < 1.29 is 18.7 Å². The molecule has 2 aromatic heterocycles. The zero-order valence-electron chi connectivity index (χ0n) is 20.8. The van der Waals surface area contributed by atoms with Crippen LogP contribution < -0.4 is 10.1 Å². The third-order valence-electron chi connectivity index (χ3n) is 5.82. The average molecular weight is 524 g/mol. The molecule has 0 spiro atoms. The number of nitrogens with zero attached hydrogens (tertiary/aromatic N) is 4. The number of carbonyl (C=O) groups excluding carboxylic acids is 1. The zero-order chi connectivity index (χ0) is 26.2. The fraction of sp³-hybridized carbons (Fsp3) is 0.296. The highest BCUT2D eigenvalue weighted by molar-refractivity contribution is 6.32. The molecule has 37 heavy (non-hydrogen) atoms. The molecule has 0 fully saturated rings. The van der Waals surface area contributed by atoms with Gasteiger partial charge in [0.15, 0.2) is 5.82 Å². The summed E-state index contributed by atoms with van der Waals surface area (Å²) in [7, 11) is 0. The summed E-state index contributed by atoms with van der Waals surface area (Å²) >= 11 is 6.64. The summed E-state index contributed by atoms with van der Waals surface area (Å²) in [6, 6.07) is 14.0. The lowest BCUT2D eigenvalue weighted by Gasteiger charge is -2.20. The SMILES string of the molecule is CC(C)(C)OC(=O)Nc1ccc(CN2CCOc3c(Cl)cc(-n4ccc5cc(F)ccc54)cc3C2)nn1. The minimum Gasteiger partial charge on any atom is -0.490 e. The Morgan fingerprint density at radius 3 is 2.76 bits per heavy atom. The first-order valence-corrected chi connectivity index (χ1v) is 12.3. The van der Waals surface area contributed by atoms with Crippen molar-refractivity contribution in [2.75, 3.05) is 18.5 Å². The molecule has 4 aromatic rings. The number of hydrogen-bond donors (Lipinski definition) is 1. The number of anilines is 1. The molecule has 3 heterocycles. The molecule has 0 saturated carbocycles. The van der Waals surface area contributed by atoms with Crippen LogP contribution in [0.5, 0.6) is 5.75 Å². The van der Waals surface area contributed by atoms with Gasteiger partial charge >= 0.3 is 6.09 Å². The van der Waals surface area contributed by atoms with E-state index in [1.807, 2.05) is 35.0 Å². The van der Waals surface area contributed by atoms with Crippen molar-refractivity contribution in [1.82, 2.24) is 19.7 Å². The quantitative estimate of drug-likeness (QED) is 0.356. The van der Waals surface area contributed by atoms with Crippen LogP contribution in [0.15, 0.2) is 54.7 Å². The van der Waals surface area contributed by atoms with Gasteiger partial charge in [-0.3, -0.25) is 10.2 Å². The Hall–Kier alpha value is -3.69. The van der Waals surface area contributed by atoms with Crippen LogP contribution in [0.25, 0.3) is 16.6 Å². The van der Waals surface area contributed by atoms with Gasteiger partial charge in [-0.1, -0.05) is 11.6 Å². The van der Waals surface area contributed by atoms with E-state index in [9.17, 15) is 9.18 Å². The number of amides is 1. The summed E-state index contributed by atoms with van der Waals surface area (Å²) in [4.78, 5) is 14.2. The summed E-state index contributed by atoms with van der Waals surface area (Å²) in [5.41, 5.74) is 2.85. The van der Waals surface area contributed by atoms with Crippen molar-refractivity contribution >= 4 is 34.4 Å². The molecule has 0 atom stereocenters. The maximum atomic E-state index is 13.7. The van der Waals surface area contributed by atoms with Crippen LogP contribution in [-0.2, 0) is 17.8 Å². The van der Waals surface area contributed by atoms with E-state index in [-0.39, 0.29) is 5.82 Å². The first-order valence-electron chi connectivity index (χ1n) is 11.9. The average Bonchev–Trinajstić information content (AvgIpc) is 3.12. The number of ether oxygens (including phenoxy) is 2. The van der Waals surface area contributed by atoms with E-state index >= 15 is 0 Å². The van der Waals surface area contributed by atoms with Gasteiger partial charge in [-0.2, -0.15) is 5.10 Å². The zero-order valence-corrected chi connectivity index (χ0v) is 21.6. The molecule has 0 unspecified atom stereocenters. The van der Waals surface area contributed by atoms with E-state index in [0.717, 1.165) is 27.8 Å². The van der Waals surface area contributed by atoms with Crippen LogP contribution >= 0.6 is 11.6 Å². The van der Waals surface area contributed by atoms with Crippen molar-refractivity contribution in [3.05, 3.63) is 76.8 Å². The Morgan fingerprint density at radius 2 is 2.00 bits per heavy atom. The van der Waals surface area contributed by atoms with Crippen LogP contribution in [0.1, 0.15) is 32.0 Å². The van der Waals surface area contributed by atoms with E-state index in [0.29, 0.717) is 42.8 Å². The number of rotatable bonds is 4. The summed E-state index contributed by atoms with van der Waals surface area (Å²) in [5, 5.41) is 12.3. The Morgan fingerprint density at radius 1 is 1.16 bits per heavy atom. The van der Waals surface area contributed by atoms with Gasteiger partial charge in [-0.05, 0) is 69.3 Å². The number of benzene rings is 2. The number of aromatic nitrogens is 3. The number of halogens is 2. The van der Waals surface area contributed by atoms with Gasteiger partial charge in [0, 0.05) is 42.5 Å². The molecule has 1 amide bonds.